The van der Waals surface area contributed by atoms with E-state index >= 15 is 0 Å². The molecule has 4 nitrogen and oxygen atoms in total. The summed E-state index contributed by atoms with van der Waals surface area (Å²) in [5.74, 6) is 0. The summed E-state index contributed by atoms with van der Waals surface area (Å²) in [5, 5.41) is 16.0. The smallest absolute Gasteiger partial charge is 0.315 e. The van der Waals surface area contributed by atoms with E-state index in [9.17, 15) is 9.90 Å². The summed E-state index contributed by atoms with van der Waals surface area (Å²) in [6, 6.07) is 9.18. The molecule has 1 saturated carbocycles. The zero-order valence-corrected chi connectivity index (χ0v) is 12.0. The molecule has 1 aliphatic carbocycles. The van der Waals surface area contributed by atoms with Crippen LogP contribution in [-0.4, -0.2) is 23.2 Å². The number of aliphatic hydroxyl groups is 1. The van der Waals surface area contributed by atoms with Gasteiger partial charge in [-0.1, -0.05) is 49.6 Å². The maximum Gasteiger partial charge on any atom is 0.315 e. The zero-order chi connectivity index (χ0) is 14.4. The van der Waals surface area contributed by atoms with Crippen LogP contribution in [0.5, 0.6) is 0 Å². The lowest BCUT2D eigenvalue weighted by atomic mass is 9.96. The lowest BCUT2D eigenvalue weighted by Gasteiger charge is -2.25. The van der Waals surface area contributed by atoms with Gasteiger partial charge >= 0.3 is 6.03 Å². The monoisotopic (exact) mass is 276 g/mol. The Labute approximate surface area is 120 Å². The number of carbonyl (C=O) groups is 1. The molecule has 0 heterocycles. The number of aliphatic hydroxyl groups excluding tert-OH is 1. The number of rotatable bonds is 4. The Morgan fingerprint density at radius 1 is 1.20 bits per heavy atom. The lowest BCUT2D eigenvalue weighted by molar-refractivity contribution is 0.136. The third-order valence-electron chi connectivity index (χ3n) is 3.91. The first-order valence-electron chi connectivity index (χ1n) is 7.47. The van der Waals surface area contributed by atoms with Gasteiger partial charge in [0, 0.05) is 6.04 Å². The van der Waals surface area contributed by atoms with Crippen molar-refractivity contribution in [3.05, 3.63) is 35.9 Å². The van der Waals surface area contributed by atoms with Crippen molar-refractivity contribution in [2.75, 3.05) is 0 Å². The molecule has 2 atom stereocenters. The van der Waals surface area contributed by atoms with Crippen LogP contribution in [0, 0.1) is 0 Å². The Bertz CT molecular complexity index is 416. The van der Waals surface area contributed by atoms with E-state index in [1.807, 2.05) is 37.3 Å². The number of urea groups is 1. The summed E-state index contributed by atoms with van der Waals surface area (Å²) in [4.78, 5) is 11.9. The SMILES string of the molecule is C[C@@H](NC(=O)NC1CCCCC1)[C@H](O)c1ccccc1. The van der Waals surface area contributed by atoms with E-state index in [2.05, 4.69) is 10.6 Å². The lowest BCUT2D eigenvalue weighted by Crippen LogP contribution is -2.47. The summed E-state index contributed by atoms with van der Waals surface area (Å²) in [7, 11) is 0. The molecule has 1 aromatic carbocycles. The van der Waals surface area contributed by atoms with E-state index in [1.54, 1.807) is 0 Å². The van der Waals surface area contributed by atoms with Gasteiger partial charge in [-0.3, -0.25) is 0 Å². The van der Waals surface area contributed by atoms with Crippen LogP contribution in [0.25, 0.3) is 0 Å². The quantitative estimate of drug-likeness (QED) is 0.792. The molecule has 2 rings (SSSR count). The van der Waals surface area contributed by atoms with E-state index in [4.69, 9.17) is 0 Å². The minimum absolute atomic E-state index is 0.181. The number of hydrogen-bond donors (Lipinski definition) is 3. The summed E-state index contributed by atoms with van der Waals surface area (Å²) in [6.07, 6.45) is 5.07. The van der Waals surface area contributed by atoms with Crippen LogP contribution >= 0.6 is 0 Å². The normalized spacial score (nSPS) is 19.1. The Morgan fingerprint density at radius 3 is 2.50 bits per heavy atom. The molecule has 0 aromatic heterocycles. The minimum atomic E-state index is -0.687. The van der Waals surface area contributed by atoms with Gasteiger partial charge < -0.3 is 15.7 Å². The molecule has 110 valence electrons. The van der Waals surface area contributed by atoms with Crippen LogP contribution in [0.1, 0.15) is 50.7 Å². The molecule has 1 aliphatic rings. The molecule has 0 spiro atoms. The highest BCUT2D eigenvalue weighted by Gasteiger charge is 2.20. The second-order valence-electron chi connectivity index (χ2n) is 5.60. The maximum absolute atomic E-state index is 11.9. The molecular formula is C16H24N2O2. The fourth-order valence-electron chi connectivity index (χ4n) is 2.70. The third kappa shape index (κ3) is 4.23. The molecular weight excluding hydrogens is 252 g/mol. The van der Waals surface area contributed by atoms with Crippen molar-refractivity contribution < 1.29 is 9.90 Å². The van der Waals surface area contributed by atoms with Crippen molar-refractivity contribution >= 4 is 6.03 Å². The van der Waals surface area contributed by atoms with Crippen LogP contribution in [-0.2, 0) is 0 Å². The summed E-state index contributed by atoms with van der Waals surface area (Å²) in [6.45, 7) is 1.82. The van der Waals surface area contributed by atoms with Crippen molar-refractivity contribution in [1.82, 2.24) is 10.6 Å². The molecule has 1 fully saturated rings. The first-order chi connectivity index (χ1) is 9.66. The Hall–Kier alpha value is -1.55. The van der Waals surface area contributed by atoms with Crippen molar-refractivity contribution in [2.45, 2.75) is 57.2 Å². The molecule has 3 N–H and O–H groups in total. The first kappa shape index (κ1) is 14.9. The molecule has 20 heavy (non-hydrogen) atoms. The van der Waals surface area contributed by atoms with Crippen LogP contribution in [0.3, 0.4) is 0 Å². The molecule has 0 radical (unpaired) electrons. The van der Waals surface area contributed by atoms with Gasteiger partial charge in [0.05, 0.1) is 12.1 Å². The van der Waals surface area contributed by atoms with Gasteiger partial charge in [0.15, 0.2) is 0 Å². The highest BCUT2D eigenvalue weighted by atomic mass is 16.3. The van der Waals surface area contributed by atoms with Crippen LogP contribution in [0.2, 0.25) is 0 Å². The largest absolute Gasteiger partial charge is 0.386 e. The minimum Gasteiger partial charge on any atom is -0.386 e. The highest BCUT2D eigenvalue weighted by Crippen LogP contribution is 2.18. The van der Waals surface area contributed by atoms with Gasteiger partial charge in [-0.15, -0.1) is 0 Å². The number of amides is 2. The number of carbonyl (C=O) groups excluding carboxylic acids is 1. The van der Waals surface area contributed by atoms with E-state index < -0.39 is 6.10 Å². The summed E-state index contributed by atoms with van der Waals surface area (Å²) >= 11 is 0. The van der Waals surface area contributed by atoms with Gasteiger partial charge in [-0.25, -0.2) is 4.79 Å². The fraction of sp³-hybridized carbons (Fsp3) is 0.562. The highest BCUT2D eigenvalue weighted by molar-refractivity contribution is 5.74. The average Bonchev–Trinajstić information content (AvgIpc) is 2.48. The Morgan fingerprint density at radius 2 is 1.85 bits per heavy atom. The van der Waals surface area contributed by atoms with Crippen molar-refractivity contribution in [2.24, 2.45) is 0 Å². The maximum atomic E-state index is 11.9. The standard InChI is InChI=1S/C16H24N2O2/c1-12(15(19)13-8-4-2-5-9-13)17-16(20)18-14-10-6-3-7-11-14/h2,4-5,8-9,12,14-15,19H,3,6-7,10-11H2,1H3,(H2,17,18,20)/t12-,15+/m1/s1. The molecule has 0 unspecified atom stereocenters. The molecule has 0 bridgehead atoms. The second kappa shape index (κ2) is 7.29. The van der Waals surface area contributed by atoms with Gasteiger partial charge in [0.25, 0.3) is 0 Å². The van der Waals surface area contributed by atoms with E-state index in [0.717, 1.165) is 18.4 Å². The van der Waals surface area contributed by atoms with Gasteiger partial charge in [0.1, 0.15) is 0 Å². The molecule has 1 aromatic rings. The number of benzene rings is 1. The van der Waals surface area contributed by atoms with Gasteiger partial charge in [0.2, 0.25) is 0 Å². The Kier molecular flexibility index (Phi) is 5.41. The molecule has 0 aliphatic heterocycles. The fourth-order valence-corrected chi connectivity index (χ4v) is 2.70. The van der Waals surface area contributed by atoms with Crippen molar-refractivity contribution in [3.63, 3.8) is 0 Å². The van der Waals surface area contributed by atoms with Crippen molar-refractivity contribution in [1.29, 1.82) is 0 Å². The molecule has 0 saturated heterocycles. The van der Waals surface area contributed by atoms with E-state index in [0.29, 0.717) is 0 Å². The van der Waals surface area contributed by atoms with Crippen LogP contribution in [0.4, 0.5) is 4.79 Å². The Balaban J connectivity index is 1.81. The summed E-state index contributed by atoms with van der Waals surface area (Å²) < 4.78 is 0. The zero-order valence-electron chi connectivity index (χ0n) is 12.0. The van der Waals surface area contributed by atoms with Crippen molar-refractivity contribution in [3.8, 4) is 0 Å². The van der Waals surface area contributed by atoms with E-state index in [1.165, 1.54) is 19.3 Å². The molecule has 4 heteroatoms. The topological polar surface area (TPSA) is 61.4 Å². The van der Waals surface area contributed by atoms with Gasteiger partial charge in [-0.05, 0) is 25.3 Å². The van der Waals surface area contributed by atoms with E-state index in [-0.39, 0.29) is 18.1 Å². The predicted molar refractivity (Wildman–Crippen MR) is 79.4 cm³/mol. The number of nitrogens with one attached hydrogen (secondary N) is 2. The first-order valence-corrected chi connectivity index (χ1v) is 7.47. The summed E-state index contributed by atoms with van der Waals surface area (Å²) in [5.41, 5.74) is 0.818. The average molecular weight is 276 g/mol. The second-order valence-corrected chi connectivity index (χ2v) is 5.60. The number of hydrogen-bond acceptors (Lipinski definition) is 2. The predicted octanol–water partition coefficient (Wildman–Crippen LogP) is 2.74. The molecule has 2 amide bonds. The van der Waals surface area contributed by atoms with Gasteiger partial charge in [-0.2, -0.15) is 0 Å². The third-order valence-corrected chi connectivity index (χ3v) is 3.91. The van der Waals surface area contributed by atoms with Crippen LogP contribution < -0.4 is 10.6 Å². The van der Waals surface area contributed by atoms with Crippen LogP contribution in [0.15, 0.2) is 30.3 Å².